The number of carbonyl (C=O) groups excluding carboxylic acids is 3. The summed E-state index contributed by atoms with van der Waals surface area (Å²) in [6, 6.07) is 0. The zero-order chi connectivity index (χ0) is 59.9. The van der Waals surface area contributed by atoms with E-state index in [9.17, 15) is 14.4 Å². The van der Waals surface area contributed by atoms with Gasteiger partial charge in [0.1, 0.15) is 13.2 Å². The van der Waals surface area contributed by atoms with Crippen LogP contribution in [0.1, 0.15) is 355 Å². The van der Waals surface area contributed by atoms with E-state index in [2.05, 4.69) is 118 Å². The fourth-order valence-corrected chi connectivity index (χ4v) is 10.2. The van der Waals surface area contributed by atoms with Gasteiger partial charge in [-0.25, -0.2) is 0 Å². The van der Waals surface area contributed by atoms with Gasteiger partial charge in [0, 0.05) is 19.3 Å². The first-order valence-electron chi connectivity index (χ1n) is 35.7. The third-order valence-electron chi connectivity index (χ3n) is 15.5. The molecule has 0 aliphatic rings. The maximum atomic E-state index is 13.0. The van der Waals surface area contributed by atoms with Crippen LogP contribution in [0.2, 0.25) is 0 Å². The van der Waals surface area contributed by atoms with Crippen LogP contribution >= 0.6 is 0 Å². The Labute approximate surface area is 515 Å². The van der Waals surface area contributed by atoms with Crippen LogP contribution in [0.5, 0.6) is 0 Å². The highest BCUT2D eigenvalue weighted by Gasteiger charge is 2.19. The summed E-state index contributed by atoms with van der Waals surface area (Å²) in [7, 11) is 0. The van der Waals surface area contributed by atoms with Gasteiger partial charge >= 0.3 is 17.9 Å². The normalized spacial score (nSPS) is 12.7. The summed E-state index contributed by atoms with van der Waals surface area (Å²) < 4.78 is 17.0. The van der Waals surface area contributed by atoms with Gasteiger partial charge in [0.2, 0.25) is 0 Å². The van der Waals surface area contributed by atoms with Crippen molar-refractivity contribution < 1.29 is 28.6 Å². The van der Waals surface area contributed by atoms with Crippen molar-refractivity contribution in [3.63, 3.8) is 0 Å². The van der Waals surface area contributed by atoms with E-state index < -0.39 is 6.10 Å². The third kappa shape index (κ3) is 69.0. The second-order valence-electron chi connectivity index (χ2n) is 23.8. The Kier molecular flexibility index (Phi) is 67.7. The molecule has 0 bridgehead atoms. The number of allylic oxidation sites excluding steroid dienone is 16. The molecular formula is C77H134O6. The van der Waals surface area contributed by atoms with Crippen molar-refractivity contribution in [2.75, 3.05) is 13.2 Å². The summed E-state index contributed by atoms with van der Waals surface area (Å²) in [5.74, 6) is -0.879. The minimum atomic E-state index is -0.785. The molecule has 0 aliphatic carbocycles. The fourth-order valence-electron chi connectivity index (χ4n) is 10.2. The predicted molar refractivity (Wildman–Crippen MR) is 362 cm³/mol. The molecule has 0 saturated heterocycles. The number of hydrogen-bond acceptors (Lipinski definition) is 6. The molecule has 1 unspecified atom stereocenters. The molecule has 0 radical (unpaired) electrons. The molecule has 6 nitrogen and oxygen atoms in total. The monoisotopic (exact) mass is 1160 g/mol. The van der Waals surface area contributed by atoms with Crippen LogP contribution in [-0.2, 0) is 28.6 Å². The van der Waals surface area contributed by atoms with Crippen molar-refractivity contribution >= 4 is 17.9 Å². The van der Waals surface area contributed by atoms with Gasteiger partial charge < -0.3 is 14.2 Å². The molecule has 0 aromatic carbocycles. The van der Waals surface area contributed by atoms with Gasteiger partial charge in [-0.05, 0) is 122 Å². The van der Waals surface area contributed by atoms with Gasteiger partial charge in [0.05, 0.1) is 0 Å². The van der Waals surface area contributed by atoms with E-state index >= 15 is 0 Å². The molecule has 0 fully saturated rings. The topological polar surface area (TPSA) is 78.9 Å². The fraction of sp³-hybridized carbons (Fsp3) is 0.753. The molecule has 0 rings (SSSR count). The number of hydrogen-bond donors (Lipinski definition) is 0. The summed E-state index contributed by atoms with van der Waals surface area (Å²) in [6.45, 7) is 6.53. The predicted octanol–water partition coefficient (Wildman–Crippen LogP) is 24.8. The van der Waals surface area contributed by atoms with Gasteiger partial charge in [0.25, 0.3) is 0 Å². The molecule has 0 spiro atoms. The van der Waals surface area contributed by atoms with Crippen LogP contribution in [0.15, 0.2) is 97.2 Å². The van der Waals surface area contributed by atoms with E-state index in [0.717, 1.165) is 103 Å². The summed E-state index contributed by atoms with van der Waals surface area (Å²) in [6.07, 6.45) is 95.8. The Balaban J connectivity index is 4.26. The molecule has 0 aromatic rings. The number of carbonyl (C=O) groups is 3. The average Bonchev–Trinajstić information content (AvgIpc) is 3.49. The molecule has 0 aromatic heterocycles. The maximum absolute atomic E-state index is 13.0. The van der Waals surface area contributed by atoms with Crippen LogP contribution in [0, 0.1) is 0 Å². The van der Waals surface area contributed by atoms with E-state index in [1.807, 2.05) is 0 Å². The molecule has 6 heteroatoms. The lowest BCUT2D eigenvalue weighted by Crippen LogP contribution is -2.30. The summed E-state index contributed by atoms with van der Waals surface area (Å²) >= 11 is 0. The van der Waals surface area contributed by atoms with E-state index in [0.29, 0.717) is 19.3 Å². The molecule has 478 valence electrons. The first kappa shape index (κ1) is 79.3. The van der Waals surface area contributed by atoms with E-state index in [4.69, 9.17) is 14.2 Å². The van der Waals surface area contributed by atoms with Crippen LogP contribution in [0.25, 0.3) is 0 Å². The largest absolute Gasteiger partial charge is 0.462 e. The lowest BCUT2D eigenvalue weighted by molar-refractivity contribution is -0.167. The Morgan fingerprint density at radius 2 is 0.470 bits per heavy atom. The maximum Gasteiger partial charge on any atom is 0.306 e. The van der Waals surface area contributed by atoms with Crippen LogP contribution in [-0.4, -0.2) is 37.2 Å². The molecule has 0 aliphatic heterocycles. The van der Waals surface area contributed by atoms with Gasteiger partial charge in [-0.2, -0.15) is 0 Å². The van der Waals surface area contributed by atoms with E-state index in [1.165, 1.54) is 212 Å². The Hall–Kier alpha value is -3.67. The molecular weight excluding hydrogens is 1020 g/mol. The molecule has 1 atom stereocenters. The number of unbranched alkanes of at least 4 members (excludes halogenated alkanes) is 38. The average molecular weight is 1160 g/mol. The second-order valence-corrected chi connectivity index (χ2v) is 23.8. The van der Waals surface area contributed by atoms with Gasteiger partial charge in [-0.1, -0.05) is 311 Å². The van der Waals surface area contributed by atoms with Crippen LogP contribution in [0.4, 0.5) is 0 Å². The zero-order valence-corrected chi connectivity index (χ0v) is 54.9. The molecule has 0 heterocycles. The Bertz CT molecular complexity index is 1610. The lowest BCUT2D eigenvalue weighted by Gasteiger charge is -2.18. The van der Waals surface area contributed by atoms with Crippen molar-refractivity contribution in [3.05, 3.63) is 97.2 Å². The van der Waals surface area contributed by atoms with Crippen LogP contribution in [0.3, 0.4) is 0 Å². The standard InChI is InChI=1S/C77H134O6/c1-4-7-10-13-16-19-22-25-27-29-31-33-35-36-37-38-39-40-42-43-45-47-49-52-55-58-61-64-67-70-76(79)82-73-74(72-81-75(78)69-66-63-60-57-54-51-24-21-18-15-12-9-6-3)83-77(80)71-68-65-62-59-56-53-50-48-46-44-41-34-32-30-28-26-23-20-17-14-11-8-5-2/h8,11,17,20-22,24-26,28-29,31-32,34-36,74H,4-7,9-10,12-16,18-19,23,27,30,33,37-73H2,1-3H3/b11-8-,20-17-,24-21-,25-22-,28-26-,31-29-,34-32-,36-35-. The smallest absolute Gasteiger partial charge is 0.306 e. The van der Waals surface area contributed by atoms with Gasteiger partial charge in [-0.15, -0.1) is 0 Å². The number of ether oxygens (including phenoxy) is 3. The van der Waals surface area contributed by atoms with Gasteiger partial charge in [0.15, 0.2) is 6.10 Å². The Morgan fingerprint density at radius 3 is 0.759 bits per heavy atom. The lowest BCUT2D eigenvalue weighted by atomic mass is 10.0. The van der Waals surface area contributed by atoms with E-state index in [-0.39, 0.29) is 31.1 Å². The summed E-state index contributed by atoms with van der Waals surface area (Å²) in [4.78, 5) is 38.4. The summed E-state index contributed by atoms with van der Waals surface area (Å²) in [5, 5.41) is 0. The van der Waals surface area contributed by atoms with E-state index in [1.54, 1.807) is 0 Å². The minimum Gasteiger partial charge on any atom is -0.462 e. The SMILES string of the molecule is CC/C=C\C/C=C\C/C=C\C/C=C\CCCCCCCCCCCCC(=O)OC(COC(=O)CCCCCCC/C=C\CCCCCC)COC(=O)CCCCCCCCCCCCCCCC/C=C\C/C=C\C/C=C\CCCCCCC. The Morgan fingerprint density at radius 1 is 0.253 bits per heavy atom. The minimum absolute atomic E-state index is 0.0800. The van der Waals surface area contributed by atoms with Crippen molar-refractivity contribution in [1.29, 1.82) is 0 Å². The quantitative estimate of drug-likeness (QED) is 0.0261. The highest BCUT2D eigenvalue weighted by Crippen LogP contribution is 2.17. The highest BCUT2D eigenvalue weighted by atomic mass is 16.6. The second kappa shape index (κ2) is 70.8. The van der Waals surface area contributed by atoms with Crippen molar-refractivity contribution in [2.24, 2.45) is 0 Å². The first-order chi connectivity index (χ1) is 41.0. The third-order valence-corrected chi connectivity index (χ3v) is 15.5. The highest BCUT2D eigenvalue weighted by molar-refractivity contribution is 5.71. The van der Waals surface area contributed by atoms with Gasteiger partial charge in [-0.3, -0.25) is 14.4 Å². The zero-order valence-electron chi connectivity index (χ0n) is 54.9. The van der Waals surface area contributed by atoms with Crippen LogP contribution < -0.4 is 0 Å². The number of esters is 3. The molecule has 0 N–H and O–H groups in total. The van der Waals surface area contributed by atoms with Crippen molar-refractivity contribution in [1.82, 2.24) is 0 Å². The molecule has 0 amide bonds. The molecule has 83 heavy (non-hydrogen) atoms. The van der Waals surface area contributed by atoms with Crippen molar-refractivity contribution in [3.8, 4) is 0 Å². The van der Waals surface area contributed by atoms with Crippen molar-refractivity contribution in [2.45, 2.75) is 361 Å². The summed E-state index contributed by atoms with van der Waals surface area (Å²) in [5.41, 5.74) is 0. The molecule has 0 saturated carbocycles. The number of rotatable bonds is 65. The first-order valence-corrected chi connectivity index (χ1v) is 35.7.